The van der Waals surface area contributed by atoms with Crippen LogP contribution in [-0.2, 0) is 16.3 Å². The molecule has 4 nitrogen and oxygen atoms in total. The predicted molar refractivity (Wildman–Crippen MR) is 72.5 cm³/mol. The van der Waals surface area contributed by atoms with E-state index in [9.17, 15) is 12.8 Å². The first-order valence-electron chi connectivity index (χ1n) is 6.39. The third kappa shape index (κ3) is 3.75. The average molecular weight is 286 g/mol. The van der Waals surface area contributed by atoms with Crippen LogP contribution in [0.1, 0.15) is 5.56 Å². The highest BCUT2D eigenvalue weighted by molar-refractivity contribution is 7.90. The largest absolute Gasteiger partial charge is 0.314 e. The molecule has 1 fully saturated rings. The summed E-state index contributed by atoms with van der Waals surface area (Å²) < 4.78 is 37.0. The Hall–Kier alpha value is -0.980. The lowest BCUT2D eigenvalue weighted by Gasteiger charge is -2.27. The molecule has 0 atom stereocenters. The molecule has 1 aromatic carbocycles. The fourth-order valence-electron chi connectivity index (χ4n) is 2.25. The zero-order valence-electron chi connectivity index (χ0n) is 11.0. The summed E-state index contributed by atoms with van der Waals surface area (Å²) >= 11 is 0. The quantitative estimate of drug-likeness (QED) is 0.884. The third-order valence-corrected chi connectivity index (χ3v) is 4.46. The fraction of sp³-hybridized carbons (Fsp3) is 0.538. The summed E-state index contributed by atoms with van der Waals surface area (Å²) in [4.78, 5) is 2.05. The van der Waals surface area contributed by atoms with Crippen LogP contribution in [0.15, 0.2) is 23.1 Å². The highest BCUT2D eigenvalue weighted by Gasteiger charge is 2.17. The highest BCUT2D eigenvalue weighted by Crippen LogP contribution is 2.18. The summed E-state index contributed by atoms with van der Waals surface area (Å²) in [5, 5.41) is 3.26. The number of hydrogen-bond acceptors (Lipinski definition) is 4. The lowest BCUT2D eigenvalue weighted by Crippen LogP contribution is -2.44. The Morgan fingerprint density at radius 3 is 2.63 bits per heavy atom. The number of halogens is 1. The zero-order chi connectivity index (χ0) is 13.9. The van der Waals surface area contributed by atoms with Crippen molar-refractivity contribution < 1.29 is 12.8 Å². The molecule has 0 radical (unpaired) electrons. The number of nitrogens with one attached hydrogen (secondary N) is 1. The minimum Gasteiger partial charge on any atom is -0.314 e. The number of rotatable bonds is 4. The van der Waals surface area contributed by atoms with Gasteiger partial charge in [-0.25, -0.2) is 12.8 Å². The number of hydrogen-bond donors (Lipinski definition) is 1. The van der Waals surface area contributed by atoms with Gasteiger partial charge in [-0.15, -0.1) is 0 Å². The Balaban J connectivity index is 2.08. The molecule has 1 aliphatic heterocycles. The van der Waals surface area contributed by atoms with E-state index in [0.717, 1.165) is 39.0 Å². The Labute approximate surface area is 113 Å². The van der Waals surface area contributed by atoms with Gasteiger partial charge in [0.2, 0.25) is 0 Å². The molecular weight excluding hydrogens is 267 g/mol. The predicted octanol–water partition coefficient (Wildman–Crippen LogP) is 0.677. The van der Waals surface area contributed by atoms with Crippen molar-refractivity contribution in [2.24, 2.45) is 0 Å². The van der Waals surface area contributed by atoms with E-state index in [0.29, 0.717) is 12.0 Å². The Morgan fingerprint density at radius 1 is 1.32 bits per heavy atom. The molecule has 2 rings (SSSR count). The van der Waals surface area contributed by atoms with Crippen molar-refractivity contribution in [3.63, 3.8) is 0 Å². The number of sulfone groups is 1. The van der Waals surface area contributed by atoms with Gasteiger partial charge in [0.1, 0.15) is 10.7 Å². The van der Waals surface area contributed by atoms with Crippen LogP contribution in [0.4, 0.5) is 4.39 Å². The van der Waals surface area contributed by atoms with Gasteiger partial charge in [0.25, 0.3) is 0 Å². The molecule has 0 aromatic heterocycles. The van der Waals surface area contributed by atoms with E-state index in [4.69, 9.17) is 0 Å². The molecule has 106 valence electrons. The summed E-state index contributed by atoms with van der Waals surface area (Å²) in [5.74, 6) is -0.597. The van der Waals surface area contributed by atoms with Gasteiger partial charge >= 0.3 is 0 Å². The molecular formula is C13H19FN2O2S. The molecule has 19 heavy (non-hydrogen) atoms. The van der Waals surface area contributed by atoms with Crippen molar-refractivity contribution in [3.8, 4) is 0 Å². The monoisotopic (exact) mass is 286 g/mol. The molecule has 0 spiro atoms. The lowest BCUT2D eigenvalue weighted by molar-refractivity contribution is 0.243. The zero-order valence-corrected chi connectivity index (χ0v) is 11.8. The normalized spacial score (nSPS) is 17.6. The molecule has 1 N–H and O–H groups in total. The molecule has 0 unspecified atom stereocenters. The highest BCUT2D eigenvalue weighted by atomic mass is 32.2. The van der Waals surface area contributed by atoms with Gasteiger partial charge in [-0.3, -0.25) is 0 Å². The first-order valence-corrected chi connectivity index (χ1v) is 8.28. The van der Waals surface area contributed by atoms with Crippen molar-refractivity contribution in [2.75, 3.05) is 39.0 Å². The van der Waals surface area contributed by atoms with Crippen LogP contribution >= 0.6 is 0 Å². The topological polar surface area (TPSA) is 49.4 Å². The van der Waals surface area contributed by atoms with Gasteiger partial charge in [0, 0.05) is 39.0 Å². The van der Waals surface area contributed by atoms with E-state index in [2.05, 4.69) is 10.2 Å². The maximum absolute atomic E-state index is 14.1. The van der Waals surface area contributed by atoms with Gasteiger partial charge in [0.05, 0.1) is 0 Å². The average Bonchev–Trinajstić information content (AvgIpc) is 2.37. The molecule has 0 bridgehead atoms. The number of benzene rings is 1. The van der Waals surface area contributed by atoms with Crippen molar-refractivity contribution in [3.05, 3.63) is 29.6 Å². The van der Waals surface area contributed by atoms with Gasteiger partial charge in [-0.1, -0.05) is 12.1 Å². The van der Waals surface area contributed by atoms with Crippen molar-refractivity contribution in [1.29, 1.82) is 0 Å². The summed E-state index contributed by atoms with van der Waals surface area (Å²) in [6, 6.07) is 4.58. The van der Waals surface area contributed by atoms with Crippen LogP contribution in [0.2, 0.25) is 0 Å². The van der Waals surface area contributed by atoms with Gasteiger partial charge in [-0.2, -0.15) is 0 Å². The summed E-state index contributed by atoms with van der Waals surface area (Å²) in [6.45, 7) is 4.56. The second-order valence-corrected chi connectivity index (χ2v) is 6.83. The Kier molecular flexibility index (Phi) is 4.54. The van der Waals surface area contributed by atoms with E-state index in [-0.39, 0.29) is 4.90 Å². The van der Waals surface area contributed by atoms with E-state index in [1.807, 2.05) is 0 Å². The summed E-state index contributed by atoms with van der Waals surface area (Å²) in [6.07, 6.45) is 1.57. The molecule has 0 aliphatic carbocycles. The van der Waals surface area contributed by atoms with E-state index < -0.39 is 15.7 Å². The maximum atomic E-state index is 14.1. The first kappa shape index (κ1) is 14.4. The third-order valence-electron chi connectivity index (χ3n) is 3.35. The molecule has 1 aromatic rings. The van der Waals surface area contributed by atoms with E-state index >= 15 is 0 Å². The molecule has 0 saturated carbocycles. The lowest BCUT2D eigenvalue weighted by atomic mass is 10.1. The van der Waals surface area contributed by atoms with Crippen LogP contribution in [0.25, 0.3) is 0 Å². The van der Waals surface area contributed by atoms with Crippen LogP contribution in [0.3, 0.4) is 0 Å². The molecule has 1 heterocycles. The molecule has 1 aliphatic rings. The standard InChI is InChI=1S/C13H19FN2O2S/c1-19(17,18)12-4-2-3-11(13(12)14)5-8-16-9-6-15-7-10-16/h2-4,15H,5-10H2,1H3. The van der Waals surface area contributed by atoms with Gasteiger partial charge in [0.15, 0.2) is 9.84 Å². The van der Waals surface area contributed by atoms with Crippen LogP contribution < -0.4 is 5.32 Å². The summed E-state index contributed by atoms with van der Waals surface area (Å²) in [7, 11) is -3.50. The SMILES string of the molecule is CS(=O)(=O)c1cccc(CCN2CCNCC2)c1F. The molecule has 1 saturated heterocycles. The number of piperazine rings is 1. The van der Waals surface area contributed by atoms with E-state index in [1.54, 1.807) is 12.1 Å². The number of nitrogens with zero attached hydrogens (tertiary/aromatic N) is 1. The minimum atomic E-state index is -3.50. The second-order valence-electron chi connectivity index (χ2n) is 4.84. The fourth-order valence-corrected chi connectivity index (χ4v) is 3.03. The van der Waals surface area contributed by atoms with Gasteiger partial charge < -0.3 is 10.2 Å². The van der Waals surface area contributed by atoms with Crippen LogP contribution in [-0.4, -0.2) is 52.3 Å². The van der Waals surface area contributed by atoms with Crippen molar-refractivity contribution in [2.45, 2.75) is 11.3 Å². The van der Waals surface area contributed by atoms with Crippen molar-refractivity contribution >= 4 is 9.84 Å². The Morgan fingerprint density at radius 2 is 2.00 bits per heavy atom. The second kappa shape index (κ2) is 5.98. The summed E-state index contributed by atoms with van der Waals surface area (Å²) in [5.41, 5.74) is 0.474. The van der Waals surface area contributed by atoms with Crippen LogP contribution in [0.5, 0.6) is 0 Å². The maximum Gasteiger partial charge on any atom is 0.178 e. The van der Waals surface area contributed by atoms with E-state index in [1.165, 1.54) is 6.07 Å². The molecule has 0 amide bonds. The van der Waals surface area contributed by atoms with Crippen LogP contribution in [0, 0.1) is 5.82 Å². The first-order chi connectivity index (χ1) is 8.98. The Bertz CT molecular complexity index is 540. The van der Waals surface area contributed by atoms with Gasteiger partial charge in [-0.05, 0) is 18.1 Å². The van der Waals surface area contributed by atoms with Crippen molar-refractivity contribution in [1.82, 2.24) is 10.2 Å². The minimum absolute atomic E-state index is 0.203. The molecule has 6 heteroatoms. The smallest absolute Gasteiger partial charge is 0.178 e.